The first-order valence-electron chi connectivity index (χ1n) is 11.3. The minimum atomic E-state index is -0.0636. The molecule has 6 heteroatoms. The minimum Gasteiger partial charge on any atom is -0.314 e. The molecular weight excluding hydrogens is 394 g/mol. The summed E-state index contributed by atoms with van der Waals surface area (Å²) in [5, 5.41) is 15.0. The molecule has 5 atom stereocenters. The molecule has 4 nitrogen and oxygen atoms in total. The third kappa shape index (κ3) is 4.69. The van der Waals surface area contributed by atoms with Crippen LogP contribution in [0, 0.1) is 16.7 Å². The van der Waals surface area contributed by atoms with E-state index in [-0.39, 0.29) is 16.0 Å². The van der Waals surface area contributed by atoms with Gasteiger partial charge in [0.15, 0.2) is 0 Å². The van der Waals surface area contributed by atoms with Gasteiger partial charge in [-0.15, -0.1) is 18.5 Å². The van der Waals surface area contributed by atoms with Gasteiger partial charge in [-0.2, -0.15) is 0 Å². The SMILES string of the molecule is CC(C)(C)C1=C(C(P)(C2CNCCN2)C2CNCCN2)C(CP)=CC1C(C)(C)C. The van der Waals surface area contributed by atoms with E-state index < -0.39 is 0 Å². The smallest absolute Gasteiger partial charge is 0.0429 e. The lowest BCUT2D eigenvalue weighted by Crippen LogP contribution is -2.69. The van der Waals surface area contributed by atoms with Crippen LogP contribution in [0.5, 0.6) is 0 Å². The molecule has 3 aliphatic rings. The van der Waals surface area contributed by atoms with Crippen molar-refractivity contribution >= 4 is 18.5 Å². The molecule has 0 radical (unpaired) electrons. The summed E-state index contributed by atoms with van der Waals surface area (Å²) >= 11 is 0. The zero-order valence-corrected chi connectivity index (χ0v) is 21.7. The van der Waals surface area contributed by atoms with Crippen LogP contribution in [0.3, 0.4) is 0 Å². The molecule has 166 valence electrons. The molecule has 0 bridgehead atoms. The zero-order chi connectivity index (χ0) is 21.4. The maximum absolute atomic E-state index is 3.88. The third-order valence-electron chi connectivity index (χ3n) is 6.90. The molecule has 0 spiro atoms. The first kappa shape index (κ1) is 23.8. The predicted octanol–water partition coefficient (Wildman–Crippen LogP) is 2.54. The predicted molar refractivity (Wildman–Crippen MR) is 134 cm³/mol. The lowest BCUT2D eigenvalue weighted by Gasteiger charge is -2.50. The second kappa shape index (κ2) is 8.97. The van der Waals surface area contributed by atoms with Crippen molar-refractivity contribution in [1.82, 2.24) is 21.3 Å². The van der Waals surface area contributed by atoms with Crippen molar-refractivity contribution in [1.29, 1.82) is 0 Å². The third-order valence-corrected chi connectivity index (χ3v) is 8.43. The maximum atomic E-state index is 3.88. The fourth-order valence-corrected chi connectivity index (χ4v) is 6.63. The van der Waals surface area contributed by atoms with Crippen LogP contribution in [0.25, 0.3) is 0 Å². The van der Waals surface area contributed by atoms with E-state index in [1.54, 1.807) is 11.1 Å². The first-order valence-corrected chi connectivity index (χ1v) is 12.7. The van der Waals surface area contributed by atoms with Gasteiger partial charge in [0.1, 0.15) is 0 Å². The van der Waals surface area contributed by atoms with Crippen LogP contribution in [-0.2, 0) is 0 Å². The van der Waals surface area contributed by atoms with Crippen molar-refractivity contribution in [2.75, 3.05) is 45.4 Å². The van der Waals surface area contributed by atoms with Crippen LogP contribution in [0.2, 0.25) is 0 Å². The Labute approximate surface area is 183 Å². The van der Waals surface area contributed by atoms with Gasteiger partial charge in [-0.05, 0) is 28.1 Å². The number of rotatable bonds is 4. The fourth-order valence-electron chi connectivity index (χ4n) is 5.48. The maximum Gasteiger partial charge on any atom is 0.0429 e. The number of allylic oxidation sites excluding steroid dienone is 3. The van der Waals surface area contributed by atoms with Gasteiger partial charge in [0.05, 0.1) is 0 Å². The number of nitrogens with one attached hydrogen (secondary N) is 4. The van der Waals surface area contributed by atoms with Crippen molar-refractivity contribution in [3.05, 3.63) is 22.8 Å². The number of hydrogen-bond donors (Lipinski definition) is 4. The lowest BCUT2D eigenvalue weighted by molar-refractivity contribution is 0.265. The van der Waals surface area contributed by atoms with Crippen molar-refractivity contribution in [2.45, 2.75) is 58.8 Å². The summed E-state index contributed by atoms with van der Waals surface area (Å²) in [6, 6.07) is 0.759. The molecule has 5 unspecified atom stereocenters. The Hall–Kier alpha value is 0.180. The highest BCUT2D eigenvalue weighted by Crippen LogP contribution is 2.55. The molecule has 1 aliphatic carbocycles. The summed E-state index contributed by atoms with van der Waals surface area (Å²) in [6.45, 7) is 20.6. The first-order chi connectivity index (χ1) is 13.5. The van der Waals surface area contributed by atoms with Crippen LogP contribution < -0.4 is 21.3 Å². The molecular formula is C23H44N4P2. The summed E-state index contributed by atoms with van der Waals surface area (Å²) in [4.78, 5) is 0. The van der Waals surface area contributed by atoms with Gasteiger partial charge < -0.3 is 21.3 Å². The molecule has 2 heterocycles. The van der Waals surface area contributed by atoms with Crippen molar-refractivity contribution < 1.29 is 0 Å². The molecule has 0 aromatic rings. The van der Waals surface area contributed by atoms with E-state index in [1.165, 1.54) is 5.57 Å². The normalized spacial score (nSPS) is 31.6. The molecule has 0 amide bonds. The Balaban J connectivity index is 2.22. The van der Waals surface area contributed by atoms with Gasteiger partial charge in [-0.25, -0.2) is 0 Å². The van der Waals surface area contributed by atoms with E-state index in [0.29, 0.717) is 18.0 Å². The molecule has 3 rings (SSSR count). The van der Waals surface area contributed by atoms with E-state index in [0.717, 1.165) is 45.4 Å². The molecule has 2 aliphatic heterocycles. The molecule has 0 aromatic carbocycles. The van der Waals surface area contributed by atoms with Gasteiger partial charge in [-0.1, -0.05) is 53.2 Å². The molecule has 0 aromatic heterocycles. The number of piperazine rings is 2. The molecule has 29 heavy (non-hydrogen) atoms. The number of hydrogen-bond acceptors (Lipinski definition) is 4. The Morgan fingerprint density at radius 3 is 1.76 bits per heavy atom. The highest BCUT2D eigenvalue weighted by Gasteiger charge is 2.51. The average Bonchev–Trinajstić information content (AvgIpc) is 3.10. The van der Waals surface area contributed by atoms with Crippen LogP contribution >= 0.6 is 18.5 Å². The summed E-state index contributed by atoms with van der Waals surface area (Å²) in [6.07, 6.45) is 3.60. The zero-order valence-electron chi connectivity index (χ0n) is 19.4. The Kier molecular flexibility index (Phi) is 7.37. The summed E-state index contributed by atoms with van der Waals surface area (Å²) in [7, 11) is 6.39. The molecule has 0 saturated carbocycles. The van der Waals surface area contributed by atoms with Gasteiger partial charge in [0, 0.05) is 62.4 Å². The quantitative estimate of drug-likeness (QED) is 0.510. The lowest BCUT2D eigenvalue weighted by atomic mass is 9.66. The van der Waals surface area contributed by atoms with Crippen molar-refractivity contribution in [2.24, 2.45) is 16.7 Å². The van der Waals surface area contributed by atoms with Crippen LogP contribution in [-0.4, -0.2) is 62.7 Å². The highest BCUT2D eigenvalue weighted by atomic mass is 31.0. The van der Waals surface area contributed by atoms with Crippen molar-refractivity contribution in [3.63, 3.8) is 0 Å². The summed E-state index contributed by atoms with van der Waals surface area (Å²) in [5.41, 5.74) is 5.08. The van der Waals surface area contributed by atoms with E-state index >= 15 is 0 Å². The van der Waals surface area contributed by atoms with Crippen LogP contribution in [0.1, 0.15) is 41.5 Å². The molecule has 4 N–H and O–H groups in total. The summed E-state index contributed by atoms with van der Waals surface area (Å²) < 4.78 is 0. The summed E-state index contributed by atoms with van der Waals surface area (Å²) in [5.74, 6) is 0.473. The van der Waals surface area contributed by atoms with E-state index in [2.05, 4.69) is 87.4 Å². The van der Waals surface area contributed by atoms with Crippen LogP contribution in [0.4, 0.5) is 0 Å². The largest absolute Gasteiger partial charge is 0.314 e. The standard InChI is InChI=1S/C23H44N4P2/c1-21(2,3)16-11-15(14-28)19(20(16)22(4,5)6)23(29,17-12-24-7-9-26-17)18-13-25-8-10-27-18/h11,16-18,24-27H,7-10,12-14,28-29H2,1-6H3. The van der Waals surface area contributed by atoms with Crippen molar-refractivity contribution in [3.8, 4) is 0 Å². The van der Waals surface area contributed by atoms with E-state index in [4.69, 9.17) is 0 Å². The average molecular weight is 439 g/mol. The second-order valence-corrected chi connectivity index (χ2v) is 12.5. The Bertz CT molecular complexity index is 627. The van der Waals surface area contributed by atoms with Gasteiger partial charge >= 0.3 is 0 Å². The second-order valence-electron chi connectivity index (χ2n) is 11.1. The molecule has 2 saturated heterocycles. The van der Waals surface area contributed by atoms with Gasteiger partial charge in [0.2, 0.25) is 0 Å². The fraction of sp³-hybridized carbons (Fsp3) is 0.826. The van der Waals surface area contributed by atoms with Crippen LogP contribution in [0.15, 0.2) is 22.8 Å². The molecule has 2 fully saturated rings. The van der Waals surface area contributed by atoms with E-state index in [9.17, 15) is 0 Å². The van der Waals surface area contributed by atoms with E-state index in [1.807, 2.05) is 0 Å². The topological polar surface area (TPSA) is 48.1 Å². The monoisotopic (exact) mass is 438 g/mol. The van der Waals surface area contributed by atoms with Gasteiger partial charge in [-0.3, -0.25) is 0 Å². The minimum absolute atomic E-state index is 0.0636. The van der Waals surface area contributed by atoms with Gasteiger partial charge in [0.25, 0.3) is 0 Å². The highest BCUT2D eigenvalue weighted by molar-refractivity contribution is 7.20. The Morgan fingerprint density at radius 2 is 1.41 bits per heavy atom. The Morgan fingerprint density at radius 1 is 0.897 bits per heavy atom.